The van der Waals surface area contributed by atoms with E-state index in [0.29, 0.717) is 49.2 Å². The summed E-state index contributed by atoms with van der Waals surface area (Å²) < 4.78 is 34.4. The monoisotopic (exact) mass is 464 g/mol. The standard InChI is InChI=1S/C19H24N6O4S2/c1-3-18-22-23-19(30-18)21-17(26)7-6-16-20-14-12-13(4-5-15(14)24(16)2)31(27,28)25-8-10-29-11-9-25/h4-5,12H,3,6-11H2,1-2H3,(H,21,23,26). The minimum Gasteiger partial charge on any atom is -0.379 e. The molecule has 1 N–H and O–H groups in total. The van der Waals surface area contributed by atoms with E-state index in [2.05, 4.69) is 20.5 Å². The minimum absolute atomic E-state index is 0.165. The Hall–Kier alpha value is -2.41. The molecule has 3 heterocycles. The molecule has 0 unspecified atom stereocenters. The van der Waals surface area contributed by atoms with Crippen molar-refractivity contribution in [3.05, 3.63) is 29.0 Å². The molecule has 1 saturated heterocycles. The summed E-state index contributed by atoms with van der Waals surface area (Å²) in [5, 5.41) is 12.1. The molecule has 3 aromatic rings. The number of carbonyl (C=O) groups is 1. The quantitative estimate of drug-likeness (QED) is 0.564. The van der Waals surface area contributed by atoms with Crippen molar-refractivity contribution in [3.63, 3.8) is 0 Å². The molecule has 12 heteroatoms. The van der Waals surface area contributed by atoms with E-state index in [1.807, 2.05) is 18.5 Å². The number of sulfonamides is 1. The van der Waals surface area contributed by atoms with Gasteiger partial charge < -0.3 is 14.6 Å². The lowest BCUT2D eigenvalue weighted by Crippen LogP contribution is -2.40. The van der Waals surface area contributed by atoms with Crippen LogP contribution in [0.15, 0.2) is 23.1 Å². The van der Waals surface area contributed by atoms with Crippen LogP contribution in [0.4, 0.5) is 5.13 Å². The van der Waals surface area contributed by atoms with Gasteiger partial charge in [0.25, 0.3) is 0 Å². The second-order valence-corrected chi connectivity index (χ2v) is 10.2. The predicted octanol–water partition coefficient (Wildman–Crippen LogP) is 1.58. The van der Waals surface area contributed by atoms with E-state index in [1.165, 1.54) is 15.6 Å². The molecular formula is C19H24N6O4S2. The lowest BCUT2D eigenvalue weighted by atomic mass is 10.3. The number of morpholine rings is 1. The number of benzene rings is 1. The molecule has 2 aromatic heterocycles. The number of amides is 1. The van der Waals surface area contributed by atoms with Crippen molar-refractivity contribution in [3.8, 4) is 0 Å². The Morgan fingerprint density at radius 3 is 2.74 bits per heavy atom. The number of carbonyl (C=O) groups excluding carboxylic acids is 1. The van der Waals surface area contributed by atoms with Crippen molar-refractivity contribution in [2.75, 3.05) is 31.6 Å². The van der Waals surface area contributed by atoms with Crippen molar-refractivity contribution in [1.29, 1.82) is 0 Å². The molecule has 1 fully saturated rings. The van der Waals surface area contributed by atoms with Gasteiger partial charge in [-0.3, -0.25) is 4.79 Å². The van der Waals surface area contributed by atoms with E-state index in [9.17, 15) is 13.2 Å². The Balaban J connectivity index is 1.47. The number of aromatic nitrogens is 4. The van der Waals surface area contributed by atoms with E-state index < -0.39 is 10.0 Å². The maximum atomic E-state index is 12.9. The van der Waals surface area contributed by atoms with Crippen LogP contribution in [-0.2, 0) is 39.4 Å². The molecule has 1 aliphatic rings. The van der Waals surface area contributed by atoms with Crippen LogP contribution in [0.25, 0.3) is 11.0 Å². The highest BCUT2D eigenvalue weighted by Crippen LogP contribution is 2.23. The Morgan fingerprint density at radius 2 is 2.03 bits per heavy atom. The molecule has 0 radical (unpaired) electrons. The van der Waals surface area contributed by atoms with Gasteiger partial charge in [0, 0.05) is 33.0 Å². The first-order valence-electron chi connectivity index (χ1n) is 10.0. The molecular weight excluding hydrogens is 440 g/mol. The molecule has 31 heavy (non-hydrogen) atoms. The van der Waals surface area contributed by atoms with Gasteiger partial charge in [0.15, 0.2) is 0 Å². The largest absolute Gasteiger partial charge is 0.379 e. The van der Waals surface area contributed by atoms with E-state index in [4.69, 9.17) is 4.74 Å². The number of nitrogens with zero attached hydrogens (tertiary/aromatic N) is 5. The van der Waals surface area contributed by atoms with Crippen molar-refractivity contribution in [1.82, 2.24) is 24.1 Å². The lowest BCUT2D eigenvalue weighted by molar-refractivity contribution is -0.116. The van der Waals surface area contributed by atoms with Crippen LogP contribution < -0.4 is 5.32 Å². The van der Waals surface area contributed by atoms with E-state index in [-0.39, 0.29) is 17.2 Å². The van der Waals surface area contributed by atoms with Crippen molar-refractivity contribution < 1.29 is 17.9 Å². The van der Waals surface area contributed by atoms with Crippen LogP contribution >= 0.6 is 11.3 Å². The SMILES string of the molecule is CCc1nnc(NC(=O)CCc2nc3cc(S(=O)(=O)N4CCOCC4)ccc3n2C)s1. The zero-order valence-electron chi connectivity index (χ0n) is 17.4. The normalized spacial score (nSPS) is 15.4. The van der Waals surface area contributed by atoms with Gasteiger partial charge in [0.1, 0.15) is 10.8 Å². The third-order valence-electron chi connectivity index (χ3n) is 5.14. The zero-order chi connectivity index (χ0) is 22.0. The second kappa shape index (κ2) is 8.99. The highest BCUT2D eigenvalue weighted by molar-refractivity contribution is 7.89. The predicted molar refractivity (Wildman–Crippen MR) is 117 cm³/mol. The van der Waals surface area contributed by atoms with Crippen LogP contribution in [0.5, 0.6) is 0 Å². The zero-order valence-corrected chi connectivity index (χ0v) is 19.0. The van der Waals surface area contributed by atoms with Crippen molar-refractivity contribution in [2.45, 2.75) is 31.1 Å². The van der Waals surface area contributed by atoms with Crippen LogP contribution in [0, 0.1) is 0 Å². The highest BCUT2D eigenvalue weighted by atomic mass is 32.2. The van der Waals surface area contributed by atoms with Crippen LogP contribution in [0.1, 0.15) is 24.2 Å². The van der Waals surface area contributed by atoms with Crippen molar-refractivity contribution in [2.24, 2.45) is 7.05 Å². The third-order valence-corrected chi connectivity index (χ3v) is 8.02. The fourth-order valence-corrected chi connectivity index (χ4v) is 5.53. The van der Waals surface area contributed by atoms with Gasteiger partial charge in [-0.15, -0.1) is 10.2 Å². The minimum atomic E-state index is -3.59. The number of hydrogen-bond acceptors (Lipinski definition) is 8. The number of ether oxygens (including phenoxy) is 1. The number of rotatable bonds is 7. The highest BCUT2D eigenvalue weighted by Gasteiger charge is 2.27. The topological polar surface area (TPSA) is 119 Å². The van der Waals surface area contributed by atoms with Crippen LogP contribution in [0.3, 0.4) is 0 Å². The van der Waals surface area contributed by atoms with Gasteiger partial charge in [-0.1, -0.05) is 18.3 Å². The maximum absolute atomic E-state index is 12.9. The third kappa shape index (κ3) is 4.61. The molecule has 4 rings (SSSR count). The van der Waals surface area contributed by atoms with Gasteiger partial charge in [-0.2, -0.15) is 4.31 Å². The number of nitrogens with one attached hydrogen (secondary N) is 1. The molecule has 1 amide bonds. The van der Waals surface area contributed by atoms with Gasteiger partial charge in [-0.05, 0) is 24.6 Å². The maximum Gasteiger partial charge on any atom is 0.243 e. The van der Waals surface area contributed by atoms with Gasteiger partial charge in [0.05, 0.1) is 29.1 Å². The average molecular weight is 465 g/mol. The number of imidazole rings is 1. The summed E-state index contributed by atoms with van der Waals surface area (Å²) in [7, 11) is -1.73. The van der Waals surface area contributed by atoms with Crippen LogP contribution in [-0.4, -0.2) is 64.7 Å². The number of aryl methyl sites for hydroxylation is 3. The molecule has 10 nitrogen and oxygen atoms in total. The first-order chi connectivity index (χ1) is 14.9. The van der Waals surface area contributed by atoms with E-state index in [0.717, 1.165) is 16.9 Å². The Morgan fingerprint density at radius 1 is 1.26 bits per heavy atom. The number of fused-ring (bicyclic) bond motifs is 1. The number of anilines is 1. The summed E-state index contributed by atoms with van der Waals surface area (Å²) in [6.07, 6.45) is 1.43. The van der Waals surface area contributed by atoms with Crippen molar-refractivity contribution >= 4 is 43.4 Å². The van der Waals surface area contributed by atoms with Crippen LogP contribution in [0.2, 0.25) is 0 Å². The first kappa shape index (κ1) is 21.8. The van der Waals surface area contributed by atoms with Gasteiger partial charge in [-0.25, -0.2) is 13.4 Å². The summed E-state index contributed by atoms with van der Waals surface area (Å²) in [5.41, 5.74) is 1.40. The molecule has 0 saturated carbocycles. The Labute approximate surface area is 184 Å². The average Bonchev–Trinajstić information content (AvgIpc) is 3.36. The van der Waals surface area contributed by atoms with Gasteiger partial charge in [0.2, 0.25) is 21.1 Å². The molecule has 0 bridgehead atoms. The molecule has 1 aromatic carbocycles. The molecule has 0 aliphatic carbocycles. The summed E-state index contributed by atoms with van der Waals surface area (Å²) >= 11 is 1.36. The second-order valence-electron chi connectivity index (χ2n) is 7.16. The summed E-state index contributed by atoms with van der Waals surface area (Å²) in [6.45, 7) is 3.46. The van der Waals surface area contributed by atoms with Gasteiger partial charge >= 0.3 is 0 Å². The van der Waals surface area contributed by atoms with E-state index in [1.54, 1.807) is 18.2 Å². The molecule has 1 aliphatic heterocycles. The Bertz CT molecular complexity index is 1200. The molecule has 0 spiro atoms. The lowest BCUT2D eigenvalue weighted by Gasteiger charge is -2.26. The Kier molecular flexibility index (Phi) is 6.32. The summed E-state index contributed by atoms with van der Waals surface area (Å²) in [4.78, 5) is 17.1. The first-order valence-corrected chi connectivity index (χ1v) is 12.3. The fourth-order valence-electron chi connectivity index (χ4n) is 3.40. The molecule has 166 valence electrons. The summed E-state index contributed by atoms with van der Waals surface area (Å²) in [5.74, 6) is 0.541. The summed E-state index contributed by atoms with van der Waals surface area (Å²) in [6, 6.07) is 4.95. The fraction of sp³-hybridized carbons (Fsp3) is 0.474. The number of hydrogen-bond donors (Lipinski definition) is 1. The smallest absolute Gasteiger partial charge is 0.243 e. The van der Waals surface area contributed by atoms with E-state index >= 15 is 0 Å². The molecule has 0 atom stereocenters.